The van der Waals surface area contributed by atoms with Crippen molar-refractivity contribution < 1.29 is 9.18 Å². The number of aromatic nitrogens is 3. The van der Waals surface area contributed by atoms with E-state index in [9.17, 15) is 9.18 Å². The quantitative estimate of drug-likeness (QED) is 0.556. The summed E-state index contributed by atoms with van der Waals surface area (Å²) in [7, 11) is 3.55. The van der Waals surface area contributed by atoms with Crippen LogP contribution in [-0.2, 0) is 18.4 Å². The summed E-state index contributed by atoms with van der Waals surface area (Å²) in [4.78, 5) is 14.3. The normalized spacial score (nSPS) is 12.0. The second-order valence-electron chi connectivity index (χ2n) is 6.43. The highest BCUT2D eigenvalue weighted by Crippen LogP contribution is 2.30. The molecule has 0 fully saturated rings. The maximum absolute atomic E-state index is 13.3. The monoisotopic (exact) mass is 418 g/mol. The van der Waals surface area contributed by atoms with E-state index < -0.39 is 0 Å². The summed E-state index contributed by atoms with van der Waals surface area (Å²) in [6, 6.07) is 13.7. The minimum atomic E-state index is -0.374. The molecule has 8 heteroatoms. The molecule has 1 atom stereocenters. The molecule has 1 aromatic heterocycles. The minimum absolute atomic E-state index is 0.0726. The Hall–Kier alpha value is -2.38. The molecule has 1 amide bonds. The van der Waals surface area contributed by atoms with Crippen molar-refractivity contribution >= 4 is 29.3 Å². The maximum Gasteiger partial charge on any atom is 0.235 e. The lowest BCUT2D eigenvalue weighted by molar-refractivity contribution is -0.129. The van der Waals surface area contributed by atoms with Crippen LogP contribution in [0.5, 0.6) is 0 Å². The number of amides is 1. The standard InChI is InChI=1S/C20H20ClFN4OS/c1-13(19(27)25(2)12-14-7-6-8-15(22)11-14)28-20-24-23-18(26(20)3)16-9-4-5-10-17(16)21/h4-11,13H,12H2,1-3H3/t13-/m0/s1. The minimum Gasteiger partial charge on any atom is -0.340 e. The summed E-state index contributed by atoms with van der Waals surface area (Å²) in [5, 5.41) is 9.27. The van der Waals surface area contributed by atoms with E-state index in [2.05, 4.69) is 10.2 Å². The number of carbonyl (C=O) groups excluding carboxylic acids is 1. The Morgan fingerprint density at radius 1 is 1.25 bits per heavy atom. The Balaban J connectivity index is 1.70. The first-order valence-corrected chi connectivity index (χ1v) is 9.93. The Bertz CT molecular complexity index is 994. The summed E-state index contributed by atoms with van der Waals surface area (Å²) in [6.45, 7) is 2.16. The van der Waals surface area contributed by atoms with Crippen molar-refractivity contribution in [2.75, 3.05) is 7.05 Å². The molecule has 0 saturated heterocycles. The number of rotatable bonds is 6. The molecule has 0 bridgehead atoms. The number of thioether (sulfide) groups is 1. The molecule has 3 rings (SSSR count). The second kappa shape index (κ2) is 8.75. The van der Waals surface area contributed by atoms with Gasteiger partial charge in [0.25, 0.3) is 0 Å². The molecule has 0 spiro atoms. The number of hydrogen-bond acceptors (Lipinski definition) is 4. The van der Waals surface area contributed by atoms with E-state index >= 15 is 0 Å². The van der Waals surface area contributed by atoms with Crippen LogP contribution in [-0.4, -0.2) is 37.9 Å². The fourth-order valence-electron chi connectivity index (χ4n) is 2.80. The number of halogens is 2. The van der Waals surface area contributed by atoms with Gasteiger partial charge in [-0.3, -0.25) is 4.79 Å². The third-order valence-electron chi connectivity index (χ3n) is 4.26. The predicted molar refractivity (Wildman–Crippen MR) is 110 cm³/mol. The van der Waals surface area contributed by atoms with Crippen LogP contribution >= 0.6 is 23.4 Å². The van der Waals surface area contributed by atoms with E-state index in [4.69, 9.17) is 11.6 Å². The molecule has 0 radical (unpaired) electrons. The SMILES string of the molecule is C[C@H](Sc1nnc(-c2ccccc2Cl)n1C)C(=O)N(C)Cc1cccc(F)c1. The largest absolute Gasteiger partial charge is 0.340 e. The van der Waals surface area contributed by atoms with Crippen molar-refractivity contribution in [3.8, 4) is 11.4 Å². The Labute approximate surface area is 172 Å². The molecule has 2 aromatic carbocycles. The molecule has 5 nitrogen and oxygen atoms in total. The molecular weight excluding hydrogens is 399 g/mol. The van der Waals surface area contributed by atoms with Gasteiger partial charge in [0, 0.05) is 26.2 Å². The molecule has 0 aliphatic carbocycles. The number of benzene rings is 2. The van der Waals surface area contributed by atoms with Crippen LogP contribution in [0.2, 0.25) is 5.02 Å². The van der Waals surface area contributed by atoms with Crippen LogP contribution in [0.1, 0.15) is 12.5 Å². The molecule has 28 heavy (non-hydrogen) atoms. The van der Waals surface area contributed by atoms with Gasteiger partial charge < -0.3 is 9.47 Å². The summed E-state index contributed by atoms with van der Waals surface area (Å²) in [6.07, 6.45) is 0. The molecule has 146 valence electrons. The fourth-order valence-corrected chi connectivity index (χ4v) is 3.95. The molecule has 0 saturated carbocycles. The smallest absolute Gasteiger partial charge is 0.235 e. The molecule has 0 N–H and O–H groups in total. The van der Waals surface area contributed by atoms with Gasteiger partial charge in [-0.15, -0.1) is 10.2 Å². The van der Waals surface area contributed by atoms with Crippen molar-refractivity contribution in [2.45, 2.75) is 23.9 Å². The van der Waals surface area contributed by atoms with Gasteiger partial charge >= 0.3 is 0 Å². The van der Waals surface area contributed by atoms with Gasteiger partial charge in [0.1, 0.15) is 5.82 Å². The highest BCUT2D eigenvalue weighted by molar-refractivity contribution is 8.00. The van der Waals surface area contributed by atoms with Crippen LogP contribution in [0.4, 0.5) is 4.39 Å². The van der Waals surface area contributed by atoms with Gasteiger partial charge in [-0.2, -0.15) is 0 Å². The van der Waals surface area contributed by atoms with E-state index in [1.54, 1.807) is 30.1 Å². The van der Waals surface area contributed by atoms with Gasteiger partial charge in [-0.25, -0.2) is 4.39 Å². The van der Waals surface area contributed by atoms with Gasteiger partial charge in [0.15, 0.2) is 11.0 Å². The van der Waals surface area contributed by atoms with Crippen LogP contribution in [0.15, 0.2) is 53.7 Å². The zero-order valence-corrected chi connectivity index (χ0v) is 17.3. The lowest BCUT2D eigenvalue weighted by atomic mass is 10.2. The highest BCUT2D eigenvalue weighted by atomic mass is 35.5. The van der Waals surface area contributed by atoms with Gasteiger partial charge in [0.05, 0.1) is 10.3 Å². The first kappa shape index (κ1) is 20.4. The summed E-state index contributed by atoms with van der Waals surface area (Å²) in [5.41, 5.74) is 1.53. The molecule has 3 aromatic rings. The Morgan fingerprint density at radius 2 is 2.00 bits per heavy atom. The zero-order valence-electron chi connectivity index (χ0n) is 15.8. The van der Waals surface area contributed by atoms with Crippen molar-refractivity contribution in [1.29, 1.82) is 0 Å². The first-order chi connectivity index (χ1) is 13.4. The van der Waals surface area contributed by atoms with E-state index in [0.717, 1.165) is 11.1 Å². The van der Waals surface area contributed by atoms with Crippen molar-refractivity contribution in [1.82, 2.24) is 19.7 Å². The maximum atomic E-state index is 13.3. The fraction of sp³-hybridized carbons (Fsp3) is 0.250. The molecule has 0 aliphatic rings. The van der Waals surface area contributed by atoms with Gasteiger partial charge in [-0.05, 0) is 36.8 Å². The molecule has 0 unspecified atom stereocenters. The van der Waals surface area contributed by atoms with E-state index in [1.807, 2.05) is 36.7 Å². The number of hydrogen-bond donors (Lipinski definition) is 0. The lowest BCUT2D eigenvalue weighted by Gasteiger charge is -2.21. The molecule has 1 heterocycles. The van der Waals surface area contributed by atoms with E-state index in [-0.39, 0.29) is 17.0 Å². The average Bonchev–Trinajstić information content (AvgIpc) is 3.01. The summed E-state index contributed by atoms with van der Waals surface area (Å²) in [5.74, 6) is 0.254. The lowest BCUT2D eigenvalue weighted by Crippen LogP contribution is -2.33. The van der Waals surface area contributed by atoms with Crippen LogP contribution < -0.4 is 0 Å². The topological polar surface area (TPSA) is 51.0 Å². The third-order valence-corrected chi connectivity index (χ3v) is 5.72. The van der Waals surface area contributed by atoms with Crippen LogP contribution in [0.25, 0.3) is 11.4 Å². The molecular formula is C20H20ClFN4OS. The second-order valence-corrected chi connectivity index (χ2v) is 8.14. The molecule has 0 aliphatic heterocycles. The number of nitrogens with zero attached hydrogens (tertiary/aromatic N) is 4. The van der Waals surface area contributed by atoms with Crippen molar-refractivity contribution in [2.24, 2.45) is 7.05 Å². The first-order valence-electron chi connectivity index (χ1n) is 8.67. The van der Waals surface area contributed by atoms with Crippen LogP contribution in [0.3, 0.4) is 0 Å². The van der Waals surface area contributed by atoms with Gasteiger partial charge in [0.2, 0.25) is 5.91 Å². The van der Waals surface area contributed by atoms with Gasteiger partial charge in [-0.1, -0.05) is 47.6 Å². The van der Waals surface area contributed by atoms with E-state index in [0.29, 0.717) is 22.5 Å². The Morgan fingerprint density at radius 3 is 2.71 bits per heavy atom. The Kier molecular flexibility index (Phi) is 6.36. The highest BCUT2D eigenvalue weighted by Gasteiger charge is 2.22. The zero-order chi connectivity index (χ0) is 20.3. The predicted octanol–water partition coefficient (Wildman–Crippen LogP) is 4.41. The van der Waals surface area contributed by atoms with Crippen molar-refractivity contribution in [3.63, 3.8) is 0 Å². The number of carbonyl (C=O) groups is 1. The van der Waals surface area contributed by atoms with E-state index in [1.165, 1.54) is 23.9 Å². The summed E-state index contributed by atoms with van der Waals surface area (Å²) >= 11 is 7.57. The van der Waals surface area contributed by atoms with Crippen LogP contribution in [0, 0.1) is 5.82 Å². The summed E-state index contributed by atoms with van der Waals surface area (Å²) < 4.78 is 15.2. The average molecular weight is 419 g/mol. The van der Waals surface area contributed by atoms with Crippen molar-refractivity contribution in [3.05, 3.63) is 64.9 Å². The third kappa shape index (κ3) is 4.54.